The van der Waals surface area contributed by atoms with Crippen LogP contribution in [0.4, 0.5) is 0 Å². The predicted octanol–water partition coefficient (Wildman–Crippen LogP) is 4.79. The molecule has 188 valence electrons. The maximum atomic E-state index is 12.7. The molecule has 2 N–H and O–H groups in total. The Morgan fingerprint density at radius 2 is 1.18 bits per heavy atom. The molecule has 0 spiro atoms. The normalized spacial score (nSPS) is 31.5. The lowest BCUT2D eigenvalue weighted by Gasteiger charge is -2.69. The summed E-state index contributed by atoms with van der Waals surface area (Å²) < 4.78 is 12.0. The molecule has 0 atom stereocenters. The van der Waals surface area contributed by atoms with Gasteiger partial charge in [0.2, 0.25) is 11.8 Å². The van der Waals surface area contributed by atoms with Crippen molar-refractivity contribution >= 4 is 11.8 Å². The highest BCUT2D eigenvalue weighted by atomic mass is 16.5. The third kappa shape index (κ3) is 6.94. The van der Waals surface area contributed by atoms with Crippen molar-refractivity contribution in [2.24, 2.45) is 5.41 Å². The van der Waals surface area contributed by atoms with Crippen molar-refractivity contribution in [3.05, 3.63) is 0 Å². The van der Waals surface area contributed by atoms with Crippen LogP contribution in [-0.2, 0) is 19.1 Å². The number of hydrogen-bond donors (Lipinski definition) is 2. The fourth-order valence-corrected chi connectivity index (χ4v) is 6.61. The highest BCUT2D eigenvalue weighted by Gasteiger charge is 2.72. The first-order chi connectivity index (χ1) is 16.1. The number of nitrogens with one attached hydrogen (secondary N) is 2. The molecule has 0 aliphatic heterocycles. The Hall–Kier alpha value is -1.14. The van der Waals surface area contributed by atoms with Crippen LogP contribution < -0.4 is 10.6 Å². The summed E-state index contributed by atoms with van der Waals surface area (Å²) in [6.07, 6.45) is 21.5. The topological polar surface area (TPSA) is 76.7 Å². The summed E-state index contributed by atoms with van der Waals surface area (Å²) in [6.45, 7) is 1.35. The van der Waals surface area contributed by atoms with Gasteiger partial charge in [0.1, 0.15) is 6.61 Å². The smallest absolute Gasteiger partial charge is 0.246 e. The van der Waals surface area contributed by atoms with Crippen molar-refractivity contribution in [1.29, 1.82) is 0 Å². The van der Waals surface area contributed by atoms with Crippen LogP contribution in [0.5, 0.6) is 0 Å². The molecule has 6 nitrogen and oxygen atoms in total. The van der Waals surface area contributed by atoms with E-state index in [1.165, 1.54) is 70.6 Å². The summed E-state index contributed by atoms with van der Waals surface area (Å²) in [7, 11) is 0. The van der Waals surface area contributed by atoms with Crippen LogP contribution in [0.3, 0.4) is 0 Å². The van der Waals surface area contributed by atoms with E-state index in [-0.39, 0.29) is 35.5 Å². The maximum Gasteiger partial charge on any atom is 0.246 e. The first-order valence-corrected chi connectivity index (χ1v) is 13.9. The largest absolute Gasteiger partial charge is 0.376 e. The maximum absolute atomic E-state index is 12.7. The lowest BCUT2D eigenvalue weighted by atomic mass is 9.39. The summed E-state index contributed by atoms with van der Waals surface area (Å²) >= 11 is 0. The van der Waals surface area contributed by atoms with Crippen molar-refractivity contribution < 1.29 is 19.1 Å². The molecule has 0 aromatic heterocycles. The summed E-state index contributed by atoms with van der Waals surface area (Å²) in [6, 6.07) is 0. The van der Waals surface area contributed by atoms with Gasteiger partial charge in [-0.15, -0.1) is 0 Å². The average Bonchev–Trinajstić information content (AvgIpc) is 2.86. The fraction of sp³-hybridized carbons (Fsp3) is 0.926. The average molecular weight is 463 g/mol. The minimum Gasteiger partial charge on any atom is -0.376 e. The lowest BCUT2D eigenvalue weighted by molar-refractivity contribution is -0.184. The number of carbonyl (C=O) groups is 2. The van der Waals surface area contributed by atoms with Gasteiger partial charge in [-0.05, 0) is 44.9 Å². The molecule has 0 saturated heterocycles. The van der Waals surface area contributed by atoms with E-state index in [0.29, 0.717) is 19.3 Å². The van der Waals surface area contributed by atoms with E-state index in [1.807, 2.05) is 0 Å². The van der Waals surface area contributed by atoms with Crippen molar-refractivity contribution in [2.45, 2.75) is 133 Å². The second kappa shape index (κ2) is 12.0. The highest BCUT2D eigenvalue weighted by molar-refractivity contribution is 5.88. The van der Waals surface area contributed by atoms with Crippen LogP contribution in [0.1, 0.15) is 116 Å². The van der Waals surface area contributed by atoms with Gasteiger partial charge in [-0.3, -0.25) is 9.59 Å². The number of carbonyl (C=O) groups excluding carboxylic acids is 2. The summed E-state index contributed by atoms with van der Waals surface area (Å²) in [5, 5.41) is 6.25. The van der Waals surface area contributed by atoms with Gasteiger partial charge in [-0.1, -0.05) is 70.6 Å². The van der Waals surface area contributed by atoms with E-state index < -0.39 is 0 Å². The predicted molar refractivity (Wildman–Crippen MR) is 129 cm³/mol. The molecule has 5 aliphatic rings. The molecule has 5 saturated carbocycles. The van der Waals surface area contributed by atoms with Gasteiger partial charge >= 0.3 is 0 Å². The summed E-state index contributed by atoms with van der Waals surface area (Å²) in [4.78, 5) is 25.1. The molecule has 5 fully saturated rings. The first-order valence-electron chi connectivity index (χ1n) is 13.9. The SMILES string of the molecule is O=C(COC1CCCCCCCC1)NC12CC(C(=O)NCCOC3CCCCCCC3)(C1)C2. The van der Waals surface area contributed by atoms with Gasteiger partial charge in [-0.2, -0.15) is 0 Å². The molecule has 5 aliphatic carbocycles. The Balaban J connectivity index is 1.07. The summed E-state index contributed by atoms with van der Waals surface area (Å²) in [5.41, 5.74) is -0.419. The molecule has 2 amide bonds. The van der Waals surface area contributed by atoms with E-state index >= 15 is 0 Å². The van der Waals surface area contributed by atoms with Crippen LogP contribution >= 0.6 is 0 Å². The van der Waals surface area contributed by atoms with Gasteiger partial charge in [0.15, 0.2) is 0 Å². The zero-order valence-electron chi connectivity index (χ0n) is 20.6. The molecule has 0 radical (unpaired) electrons. The number of hydrogen-bond acceptors (Lipinski definition) is 4. The molecule has 33 heavy (non-hydrogen) atoms. The standard InChI is InChI=1S/C27H46N2O4/c30-24(18-33-23-14-10-4-1-2-5-11-15-23)29-27-19-26(20-27,21-27)25(31)28-16-17-32-22-12-8-6-3-7-9-13-22/h22-23H,1-21H2,(H,28,31)(H,29,30). The quantitative estimate of drug-likeness (QED) is 0.483. The minimum atomic E-state index is -0.258. The van der Waals surface area contributed by atoms with E-state index in [1.54, 1.807) is 0 Å². The second-order valence-electron chi connectivity index (χ2n) is 11.4. The molecule has 0 aromatic carbocycles. The molecule has 0 unspecified atom stereocenters. The van der Waals surface area contributed by atoms with Crippen molar-refractivity contribution in [1.82, 2.24) is 10.6 Å². The monoisotopic (exact) mass is 462 g/mol. The Morgan fingerprint density at radius 1 is 0.697 bits per heavy atom. The number of ether oxygens (including phenoxy) is 2. The van der Waals surface area contributed by atoms with Crippen LogP contribution in [0.25, 0.3) is 0 Å². The van der Waals surface area contributed by atoms with Gasteiger partial charge in [0.05, 0.1) is 24.2 Å². The molecular formula is C27H46N2O4. The molecule has 5 rings (SSSR count). The molecule has 6 heteroatoms. The molecule has 2 bridgehead atoms. The van der Waals surface area contributed by atoms with Gasteiger partial charge in [0.25, 0.3) is 0 Å². The Bertz CT molecular complexity index is 614. The Labute approximate surface area is 200 Å². The number of amides is 2. The van der Waals surface area contributed by atoms with Gasteiger partial charge < -0.3 is 20.1 Å². The van der Waals surface area contributed by atoms with Crippen LogP contribution in [0.15, 0.2) is 0 Å². The van der Waals surface area contributed by atoms with Gasteiger partial charge in [-0.25, -0.2) is 0 Å². The Kier molecular flexibility index (Phi) is 9.09. The van der Waals surface area contributed by atoms with Crippen molar-refractivity contribution in [3.8, 4) is 0 Å². The minimum absolute atomic E-state index is 0.0174. The molecule has 0 heterocycles. The number of rotatable bonds is 9. The zero-order valence-corrected chi connectivity index (χ0v) is 20.6. The van der Waals surface area contributed by atoms with Crippen LogP contribution in [0.2, 0.25) is 0 Å². The third-order valence-corrected chi connectivity index (χ3v) is 8.46. The van der Waals surface area contributed by atoms with Crippen LogP contribution in [0, 0.1) is 5.41 Å². The zero-order chi connectivity index (χ0) is 23.0. The first kappa shape index (κ1) is 25.0. The molecule has 0 aromatic rings. The van der Waals surface area contributed by atoms with E-state index in [9.17, 15) is 9.59 Å². The second-order valence-corrected chi connectivity index (χ2v) is 11.4. The third-order valence-electron chi connectivity index (χ3n) is 8.46. The van der Waals surface area contributed by atoms with E-state index in [0.717, 1.165) is 44.9 Å². The van der Waals surface area contributed by atoms with Crippen LogP contribution in [-0.4, -0.2) is 49.3 Å². The van der Waals surface area contributed by atoms with Crippen molar-refractivity contribution in [3.63, 3.8) is 0 Å². The summed E-state index contributed by atoms with van der Waals surface area (Å²) in [5.74, 6) is 0.123. The van der Waals surface area contributed by atoms with Gasteiger partial charge in [0, 0.05) is 12.1 Å². The Morgan fingerprint density at radius 3 is 1.73 bits per heavy atom. The molecular weight excluding hydrogens is 416 g/mol. The lowest BCUT2D eigenvalue weighted by Crippen LogP contribution is -2.78. The van der Waals surface area contributed by atoms with E-state index in [2.05, 4.69) is 10.6 Å². The van der Waals surface area contributed by atoms with E-state index in [4.69, 9.17) is 9.47 Å². The highest BCUT2D eigenvalue weighted by Crippen LogP contribution is 2.67. The fourth-order valence-electron chi connectivity index (χ4n) is 6.61. The van der Waals surface area contributed by atoms with Crippen molar-refractivity contribution in [2.75, 3.05) is 19.8 Å².